The van der Waals surface area contributed by atoms with E-state index in [-0.39, 0.29) is 11.6 Å². The van der Waals surface area contributed by atoms with Crippen LogP contribution in [0.4, 0.5) is 0 Å². The summed E-state index contributed by atoms with van der Waals surface area (Å²) in [6, 6.07) is 8.93. The van der Waals surface area contributed by atoms with Crippen LogP contribution in [0.1, 0.15) is 43.1 Å². The first-order valence-electron chi connectivity index (χ1n) is 9.00. The van der Waals surface area contributed by atoms with Crippen molar-refractivity contribution in [2.75, 3.05) is 13.2 Å². The molecule has 7 heteroatoms. The Morgan fingerprint density at radius 3 is 2.73 bits per heavy atom. The molecule has 2 amide bonds. The van der Waals surface area contributed by atoms with Crippen molar-refractivity contribution < 1.29 is 14.3 Å². The molecule has 1 aromatic heterocycles. The molecule has 0 aliphatic carbocycles. The van der Waals surface area contributed by atoms with E-state index in [0.29, 0.717) is 25.3 Å². The summed E-state index contributed by atoms with van der Waals surface area (Å²) in [5.74, 6) is -0.361. The number of rotatable bonds is 6. The van der Waals surface area contributed by atoms with Crippen LogP contribution in [-0.4, -0.2) is 45.7 Å². The maximum Gasteiger partial charge on any atom is 0.278 e. The molecule has 2 heterocycles. The van der Waals surface area contributed by atoms with Crippen molar-refractivity contribution in [1.29, 1.82) is 0 Å². The largest absolute Gasteiger partial charge is 0.489 e. The van der Waals surface area contributed by atoms with Crippen LogP contribution in [0.5, 0.6) is 5.75 Å². The molecule has 1 aliphatic heterocycles. The predicted octanol–water partition coefficient (Wildman–Crippen LogP) is 2.14. The Labute approximate surface area is 152 Å². The van der Waals surface area contributed by atoms with E-state index in [1.54, 1.807) is 10.9 Å². The molecule has 0 spiro atoms. The summed E-state index contributed by atoms with van der Waals surface area (Å²) in [6.07, 6.45) is 4.85. The number of amides is 2. The minimum Gasteiger partial charge on any atom is -0.489 e. The number of nitrogens with zero attached hydrogens (tertiary/aromatic N) is 3. The highest BCUT2D eigenvalue weighted by atomic mass is 16.5. The monoisotopic (exact) mass is 356 g/mol. The van der Waals surface area contributed by atoms with E-state index in [2.05, 4.69) is 5.10 Å². The SMILES string of the molecule is CCCOc1cn(-c2ccccc2)nc1C(=O)N1CCCCC1C(N)=O. The molecule has 1 saturated heterocycles. The highest BCUT2D eigenvalue weighted by Crippen LogP contribution is 2.25. The zero-order valence-corrected chi connectivity index (χ0v) is 14.9. The van der Waals surface area contributed by atoms with Gasteiger partial charge in [0.1, 0.15) is 6.04 Å². The summed E-state index contributed by atoms with van der Waals surface area (Å²) < 4.78 is 7.38. The first-order chi connectivity index (χ1) is 12.6. The predicted molar refractivity (Wildman–Crippen MR) is 97.2 cm³/mol. The highest BCUT2D eigenvalue weighted by Gasteiger charge is 2.34. The van der Waals surface area contributed by atoms with Crippen LogP contribution >= 0.6 is 0 Å². The Morgan fingerprint density at radius 1 is 1.27 bits per heavy atom. The first-order valence-corrected chi connectivity index (χ1v) is 9.00. The van der Waals surface area contributed by atoms with Gasteiger partial charge in [0, 0.05) is 6.54 Å². The summed E-state index contributed by atoms with van der Waals surface area (Å²) in [5.41, 5.74) is 6.55. The van der Waals surface area contributed by atoms with Crippen molar-refractivity contribution in [3.8, 4) is 11.4 Å². The van der Waals surface area contributed by atoms with Gasteiger partial charge < -0.3 is 15.4 Å². The third-order valence-corrected chi connectivity index (χ3v) is 4.46. The summed E-state index contributed by atoms with van der Waals surface area (Å²) >= 11 is 0. The third kappa shape index (κ3) is 3.71. The number of aromatic nitrogens is 2. The molecule has 26 heavy (non-hydrogen) atoms. The molecule has 1 fully saturated rings. The fourth-order valence-electron chi connectivity index (χ4n) is 3.14. The van der Waals surface area contributed by atoms with Gasteiger partial charge in [0.05, 0.1) is 18.5 Å². The van der Waals surface area contributed by atoms with Gasteiger partial charge in [0.2, 0.25) is 5.91 Å². The van der Waals surface area contributed by atoms with Crippen molar-refractivity contribution in [3.63, 3.8) is 0 Å². The maximum atomic E-state index is 13.1. The summed E-state index contributed by atoms with van der Waals surface area (Å²) in [6.45, 7) is 2.98. The van der Waals surface area contributed by atoms with Gasteiger partial charge in [-0.2, -0.15) is 5.10 Å². The second kappa shape index (κ2) is 8.03. The Kier molecular flexibility index (Phi) is 5.55. The Balaban J connectivity index is 1.95. The number of hydrogen-bond donors (Lipinski definition) is 1. The van der Waals surface area contributed by atoms with Gasteiger partial charge in [0.15, 0.2) is 11.4 Å². The molecule has 2 aromatic rings. The normalized spacial score (nSPS) is 17.1. The van der Waals surface area contributed by atoms with Gasteiger partial charge in [0.25, 0.3) is 5.91 Å². The summed E-state index contributed by atoms with van der Waals surface area (Å²) in [4.78, 5) is 26.4. The first kappa shape index (κ1) is 18.0. The molecule has 3 rings (SSSR count). The quantitative estimate of drug-likeness (QED) is 0.858. The second-order valence-electron chi connectivity index (χ2n) is 6.38. The number of carbonyl (C=O) groups excluding carboxylic acids is 2. The molecule has 138 valence electrons. The van der Waals surface area contributed by atoms with E-state index in [0.717, 1.165) is 24.9 Å². The Morgan fingerprint density at radius 2 is 2.04 bits per heavy atom. The average molecular weight is 356 g/mol. The number of benzene rings is 1. The van der Waals surface area contributed by atoms with Crippen LogP contribution in [0.3, 0.4) is 0 Å². The van der Waals surface area contributed by atoms with E-state index in [1.165, 1.54) is 4.90 Å². The minimum atomic E-state index is -0.586. The molecule has 0 radical (unpaired) electrons. The van der Waals surface area contributed by atoms with Crippen molar-refractivity contribution in [2.24, 2.45) is 5.73 Å². The van der Waals surface area contributed by atoms with Crippen LogP contribution in [0.15, 0.2) is 36.5 Å². The van der Waals surface area contributed by atoms with Gasteiger partial charge in [-0.25, -0.2) is 4.68 Å². The van der Waals surface area contributed by atoms with E-state index in [4.69, 9.17) is 10.5 Å². The van der Waals surface area contributed by atoms with E-state index in [9.17, 15) is 9.59 Å². The molecule has 0 saturated carbocycles. The molecule has 1 aromatic carbocycles. The number of carbonyl (C=O) groups is 2. The summed E-state index contributed by atoms with van der Waals surface area (Å²) in [5, 5.41) is 4.45. The van der Waals surface area contributed by atoms with Gasteiger partial charge >= 0.3 is 0 Å². The second-order valence-corrected chi connectivity index (χ2v) is 6.38. The lowest BCUT2D eigenvalue weighted by Gasteiger charge is -2.33. The smallest absolute Gasteiger partial charge is 0.278 e. The van der Waals surface area contributed by atoms with E-state index < -0.39 is 11.9 Å². The number of ether oxygens (including phenoxy) is 1. The average Bonchev–Trinajstić information content (AvgIpc) is 3.10. The molecular formula is C19H24N4O3. The number of nitrogens with two attached hydrogens (primary N) is 1. The van der Waals surface area contributed by atoms with Crippen LogP contribution in [-0.2, 0) is 4.79 Å². The number of piperidine rings is 1. The summed E-state index contributed by atoms with van der Waals surface area (Å²) in [7, 11) is 0. The number of hydrogen-bond acceptors (Lipinski definition) is 4. The van der Waals surface area contributed by atoms with Crippen molar-refractivity contribution in [2.45, 2.75) is 38.6 Å². The zero-order valence-electron chi connectivity index (χ0n) is 14.9. The van der Waals surface area contributed by atoms with Crippen LogP contribution in [0.25, 0.3) is 5.69 Å². The fraction of sp³-hybridized carbons (Fsp3) is 0.421. The molecule has 7 nitrogen and oxygen atoms in total. The Hall–Kier alpha value is -2.83. The van der Waals surface area contributed by atoms with Gasteiger partial charge in [-0.1, -0.05) is 25.1 Å². The van der Waals surface area contributed by atoms with Gasteiger partial charge in [-0.3, -0.25) is 9.59 Å². The van der Waals surface area contributed by atoms with Crippen molar-refractivity contribution in [1.82, 2.24) is 14.7 Å². The van der Waals surface area contributed by atoms with Crippen molar-refractivity contribution >= 4 is 11.8 Å². The zero-order chi connectivity index (χ0) is 18.5. The molecule has 0 bridgehead atoms. The van der Waals surface area contributed by atoms with E-state index >= 15 is 0 Å². The number of para-hydroxylation sites is 1. The Bertz CT molecular complexity index is 772. The van der Waals surface area contributed by atoms with Crippen LogP contribution < -0.4 is 10.5 Å². The lowest BCUT2D eigenvalue weighted by molar-refractivity contribution is -0.123. The molecule has 2 N–H and O–H groups in total. The van der Waals surface area contributed by atoms with E-state index in [1.807, 2.05) is 37.3 Å². The lowest BCUT2D eigenvalue weighted by atomic mass is 10.0. The number of likely N-dealkylation sites (tertiary alicyclic amines) is 1. The standard InChI is InChI=1S/C19H24N4O3/c1-2-12-26-16-13-23(14-8-4-3-5-9-14)21-17(16)19(25)22-11-7-6-10-15(22)18(20)24/h3-5,8-9,13,15H,2,6-7,10-12H2,1H3,(H2,20,24). The molecular weight excluding hydrogens is 332 g/mol. The van der Waals surface area contributed by atoms with Gasteiger partial charge in [-0.05, 0) is 37.8 Å². The minimum absolute atomic E-state index is 0.218. The number of primary amides is 1. The van der Waals surface area contributed by atoms with Crippen LogP contribution in [0, 0.1) is 0 Å². The van der Waals surface area contributed by atoms with Gasteiger partial charge in [-0.15, -0.1) is 0 Å². The third-order valence-electron chi connectivity index (χ3n) is 4.46. The highest BCUT2D eigenvalue weighted by molar-refractivity contribution is 5.98. The molecule has 1 aliphatic rings. The molecule has 1 unspecified atom stereocenters. The molecule has 1 atom stereocenters. The van der Waals surface area contributed by atoms with Crippen LogP contribution in [0.2, 0.25) is 0 Å². The maximum absolute atomic E-state index is 13.1. The topological polar surface area (TPSA) is 90.5 Å². The fourth-order valence-corrected chi connectivity index (χ4v) is 3.14. The van der Waals surface area contributed by atoms with Crippen molar-refractivity contribution in [3.05, 3.63) is 42.2 Å². The lowest BCUT2D eigenvalue weighted by Crippen LogP contribution is -2.50.